The quantitative estimate of drug-likeness (QED) is 0.915. The molecule has 1 aromatic carbocycles. The predicted octanol–water partition coefficient (Wildman–Crippen LogP) is 3.53. The minimum absolute atomic E-state index is 0.176. The SMILES string of the molecule is CCc1c(C)nn(C(c2ccccc2F)C(N)CC)c1C. The number of aromatic nitrogens is 2. The molecular weight excluding hydrogens is 265 g/mol. The van der Waals surface area contributed by atoms with E-state index in [0.29, 0.717) is 5.56 Å². The van der Waals surface area contributed by atoms with Crippen LogP contribution < -0.4 is 5.73 Å². The van der Waals surface area contributed by atoms with E-state index >= 15 is 0 Å². The highest BCUT2D eigenvalue weighted by Gasteiger charge is 2.26. The zero-order valence-corrected chi connectivity index (χ0v) is 13.2. The topological polar surface area (TPSA) is 43.8 Å². The maximum absolute atomic E-state index is 14.2. The van der Waals surface area contributed by atoms with E-state index in [1.165, 1.54) is 11.6 Å². The lowest BCUT2D eigenvalue weighted by atomic mass is 9.97. The van der Waals surface area contributed by atoms with Crippen molar-refractivity contribution in [3.05, 3.63) is 52.6 Å². The van der Waals surface area contributed by atoms with Gasteiger partial charge in [-0.15, -0.1) is 0 Å². The Kier molecular flexibility index (Phi) is 4.78. The maximum Gasteiger partial charge on any atom is 0.128 e. The smallest absolute Gasteiger partial charge is 0.128 e. The van der Waals surface area contributed by atoms with Gasteiger partial charge in [0.25, 0.3) is 0 Å². The average molecular weight is 289 g/mol. The van der Waals surface area contributed by atoms with Gasteiger partial charge in [0.2, 0.25) is 0 Å². The second kappa shape index (κ2) is 6.39. The molecule has 0 aliphatic carbocycles. The lowest BCUT2D eigenvalue weighted by Crippen LogP contribution is -2.34. The molecule has 0 saturated carbocycles. The Morgan fingerprint density at radius 2 is 1.90 bits per heavy atom. The average Bonchev–Trinajstić information content (AvgIpc) is 2.75. The van der Waals surface area contributed by atoms with Crippen LogP contribution in [0.15, 0.2) is 24.3 Å². The lowest BCUT2D eigenvalue weighted by molar-refractivity contribution is 0.401. The predicted molar refractivity (Wildman–Crippen MR) is 83.9 cm³/mol. The number of halogens is 1. The molecule has 0 fully saturated rings. The van der Waals surface area contributed by atoms with Crippen LogP contribution in [0.2, 0.25) is 0 Å². The van der Waals surface area contributed by atoms with E-state index in [9.17, 15) is 4.39 Å². The highest BCUT2D eigenvalue weighted by Crippen LogP contribution is 2.28. The molecule has 0 aliphatic heterocycles. The summed E-state index contributed by atoms with van der Waals surface area (Å²) in [7, 11) is 0. The van der Waals surface area contributed by atoms with Crippen molar-refractivity contribution in [3.63, 3.8) is 0 Å². The van der Waals surface area contributed by atoms with Gasteiger partial charge in [0, 0.05) is 17.3 Å². The summed E-state index contributed by atoms with van der Waals surface area (Å²) < 4.78 is 16.1. The van der Waals surface area contributed by atoms with Crippen molar-refractivity contribution in [1.29, 1.82) is 0 Å². The lowest BCUT2D eigenvalue weighted by Gasteiger charge is -2.25. The molecule has 0 spiro atoms. The van der Waals surface area contributed by atoms with Crippen LogP contribution in [0.3, 0.4) is 0 Å². The Bertz CT molecular complexity index is 618. The summed E-state index contributed by atoms with van der Waals surface area (Å²) in [6.45, 7) is 8.16. The number of nitrogens with zero attached hydrogens (tertiary/aromatic N) is 2. The molecule has 2 N–H and O–H groups in total. The van der Waals surface area contributed by atoms with Crippen LogP contribution in [0.5, 0.6) is 0 Å². The second-order valence-corrected chi connectivity index (χ2v) is 5.49. The first-order valence-corrected chi connectivity index (χ1v) is 7.55. The largest absolute Gasteiger partial charge is 0.326 e. The highest BCUT2D eigenvalue weighted by atomic mass is 19.1. The van der Waals surface area contributed by atoms with Crippen LogP contribution in [0.25, 0.3) is 0 Å². The van der Waals surface area contributed by atoms with Gasteiger partial charge in [0.15, 0.2) is 0 Å². The highest BCUT2D eigenvalue weighted by molar-refractivity contribution is 5.29. The number of benzene rings is 1. The molecular formula is C17H24FN3. The van der Waals surface area contributed by atoms with Gasteiger partial charge in [0.1, 0.15) is 5.82 Å². The fourth-order valence-electron chi connectivity index (χ4n) is 2.96. The fraction of sp³-hybridized carbons (Fsp3) is 0.471. The van der Waals surface area contributed by atoms with E-state index < -0.39 is 0 Å². The van der Waals surface area contributed by atoms with Gasteiger partial charge in [-0.25, -0.2) is 4.39 Å². The number of nitrogens with two attached hydrogens (primary N) is 1. The van der Waals surface area contributed by atoms with Gasteiger partial charge in [-0.2, -0.15) is 5.10 Å². The maximum atomic E-state index is 14.2. The molecule has 0 radical (unpaired) electrons. The first-order valence-electron chi connectivity index (χ1n) is 7.55. The summed E-state index contributed by atoms with van der Waals surface area (Å²) in [5.41, 5.74) is 10.2. The summed E-state index contributed by atoms with van der Waals surface area (Å²) >= 11 is 0. The second-order valence-electron chi connectivity index (χ2n) is 5.49. The van der Waals surface area contributed by atoms with Crippen molar-refractivity contribution in [2.45, 2.75) is 52.6 Å². The standard InChI is InChI=1S/C17H24FN3/c1-5-13-11(3)20-21(12(13)4)17(16(19)6-2)14-9-7-8-10-15(14)18/h7-10,16-17H,5-6,19H2,1-4H3. The van der Waals surface area contributed by atoms with E-state index in [1.807, 2.05) is 31.5 Å². The van der Waals surface area contributed by atoms with Crippen molar-refractivity contribution in [2.24, 2.45) is 5.73 Å². The summed E-state index contributed by atoms with van der Waals surface area (Å²) in [6, 6.07) is 6.39. The molecule has 2 atom stereocenters. The first-order chi connectivity index (χ1) is 10.0. The molecule has 114 valence electrons. The van der Waals surface area contributed by atoms with Gasteiger partial charge >= 0.3 is 0 Å². The van der Waals surface area contributed by atoms with Crippen LogP contribution >= 0.6 is 0 Å². The zero-order valence-electron chi connectivity index (χ0n) is 13.2. The molecule has 0 aliphatic rings. The summed E-state index contributed by atoms with van der Waals surface area (Å²) in [5, 5.41) is 4.64. The molecule has 4 heteroatoms. The number of hydrogen-bond donors (Lipinski definition) is 1. The monoisotopic (exact) mass is 289 g/mol. The van der Waals surface area contributed by atoms with Crippen LogP contribution in [0.4, 0.5) is 4.39 Å². The summed E-state index contributed by atoms with van der Waals surface area (Å²) in [4.78, 5) is 0. The van der Waals surface area contributed by atoms with E-state index in [2.05, 4.69) is 12.0 Å². The molecule has 1 heterocycles. The van der Waals surface area contributed by atoms with Crippen LogP contribution in [-0.4, -0.2) is 15.8 Å². The van der Waals surface area contributed by atoms with Crippen molar-refractivity contribution in [2.75, 3.05) is 0 Å². The molecule has 1 aromatic heterocycles. The third kappa shape index (κ3) is 2.86. The molecule has 0 bridgehead atoms. The third-order valence-electron chi connectivity index (χ3n) is 4.19. The van der Waals surface area contributed by atoms with Crippen LogP contribution in [0, 0.1) is 19.7 Å². The molecule has 2 rings (SSSR count). The van der Waals surface area contributed by atoms with Crippen molar-refractivity contribution in [1.82, 2.24) is 9.78 Å². The molecule has 0 saturated heterocycles. The van der Waals surface area contributed by atoms with Crippen molar-refractivity contribution >= 4 is 0 Å². The minimum Gasteiger partial charge on any atom is -0.326 e. The van der Waals surface area contributed by atoms with E-state index in [-0.39, 0.29) is 17.9 Å². The Morgan fingerprint density at radius 1 is 1.24 bits per heavy atom. The molecule has 0 amide bonds. The van der Waals surface area contributed by atoms with E-state index in [1.54, 1.807) is 12.1 Å². The van der Waals surface area contributed by atoms with Gasteiger partial charge in [-0.1, -0.05) is 32.0 Å². The molecule has 2 aromatic rings. The number of rotatable bonds is 5. The fourth-order valence-corrected chi connectivity index (χ4v) is 2.96. The van der Waals surface area contributed by atoms with Gasteiger partial charge in [-0.3, -0.25) is 4.68 Å². The van der Waals surface area contributed by atoms with Crippen LogP contribution in [0.1, 0.15) is 48.8 Å². The molecule has 2 unspecified atom stereocenters. The van der Waals surface area contributed by atoms with Gasteiger partial charge in [0.05, 0.1) is 11.7 Å². The first kappa shape index (κ1) is 15.7. The summed E-state index contributed by atoms with van der Waals surface area (Å²) in [6.07, 6.45) is 1.68. The molecule has 21 heavy (non-hydrogen) atoms. The number of aryl methyl sites for hydroxylation is 1. The number of hydrogen-bond acceptors (Lipinski definition) is 2. The zero-order chi connectivity index (χ0) is 15.6. The van der Waals surface area contributed by atoms with Gasteiger partial charge in [-0.05, 0) is 38.3 Å². The Morgan fingerprint density at radius 3 is 2.43 bits per heavy atom. The Balaban J connectivity index is 2.60. The van der Waals surface area contributed by atoms with Crippen molar-refractivity contribution in [3.8, 4) is 0 Å². The Labute approximate surface area is 126 Å². The van der Waals surface area contributed by atoms with Crippen LogP contribution in [-0.2, 0) is 6.42 Å². The third-order valence-corrected chi connectivity index (χ3v) is 4.19. The molecule has 3 nitrogen and oxygen atoms in total. The van der Waals surface area contributed by atoms with Gasteiger partial charge < -0.3 is 5.73 Å². The normalized spacial score (nSPS) is 14.2. The Hall–Kier alpha value is -1.68. The summed E-state index contributed by atoms with van der Waals surface area (Å²) in [5.74, 6) is -0.225. The van der Waals surface area contributed by atoms with Crippen molar-refractivity contribution < 1.29 is 4.39 Å². The van der Waals surface area contributed by atoms with E-state index in [0.717, 1.165) is 24.2 Å². The minimum atomic E-state index is -0.268. The van der Waals surface area contributed by atoms with E-state index in [4.69, 9.17) is 5.73 Å².